The lowest BCUT2D eigenvalue weighted by molar-refractivity contribution is -0.102. The third kappa shape index (κ3) is 7.90. The molecule has 0 unspecified atom stereocenters. The van der Waals surface area contributed by atoms with Gasteiger partial charge < -0.3 is 18.9 Å². The van der Waals surface area contributed by atoms with E-state index in [4.69, 9.17) is 9.47 Å². The summed E-state index contributed by atoms with van der Waals surface area (Å²) in [5, 5.41) is 0. The minimum Gasteiger partial charge on any atom is -0.431 e. The molecule has 0 aliphatic carbocycles. The smallest absolute Gasteiger partial charge is 0.431 e. The van der Waals surface area contributed by atoms with Crippen LogP contribution in [-0.2, 0) is 18.9 Å². The SMILES string of the molecule is CC(C)OC(=O)OC(C)OC(=O)OC(C)C. The summed E-state index contributed by atoms with van der Waals surface area (Å²) in [7, 11) is 0. The fourth-order valence-corrected chi connectivity index (χ4v) is 0.736. The van der Waals surface area contributed by atoms with E-state index >= 15 is 0 Å². The molecule has 0 atom stereocenters. The van der Waals surface area contributed by atoms with Gasteiger partial charge in [0.15, 0.2) is 0 Å². The summed E-state index contributed by atoms with van der Waals surface area (Å²) in [6.45, 7) is 8.11. The van der Waals surface area contributed by atoms with Crippen LogP contribution in [-0.4, -0.2) is 30.8 Å². The fourth-order valence-electron chi connectivity index (χ4n) is 0.736. The van der Waals surface area contributed by atoms with Gasteiger partial charge in [-0.1, -0.05) is 0 Å². The van der Waals surface area contributed by atoms with Gasteiger partial charge in [0.2, 0.25) is 0 Å². The highest BCUT2D eigenvalue weighted by Gasteiger charge is 2.17. The Bertz CT molecular complexity index is 211. The van der Waals surface area contributed by atoms with E-state index in [1.165, 1.54) is 6.92 Å². The third-order valence-corrected chi connectivity index (χ3v) is 1.19. The second kappa shape index (κ2) is 6.92. The van der Waals surface area contributed by atoms with Crippen molar-refractivity contribution in [3.8, 4) is 0 Å². The summed E-state index contributed by atoms with van der Waals surface area (Å²) in [6, 6.07) is 0. The van der Waals surface area contributed by atoms with Crippen LogP contribution in [0.3, 0.4) is 0 Å². The van der Waals surface area contributed by atoms with Crippen molar-refractivity contribution in [2.45, 2.75) is 53.1 Å². The van der Waals surface area contributed by atoms with Gasteiger partial charge in [0.1, 0.15) is 0 Å². The second-order valence-electron chi connectivity index (χ2n) is 3.64. The van der Waals surface area contributed by atoms with Gasteiger partial charge in [0, 0.05) is 6.92 Å². The number of ether oxygens (including phenoxy) is 4. The summed E-state index contributed by atoms with van der Waals surface area (Å²) in [6.07, 6.45) is -3.40. The molecular weight excluding hydrogens is 216 g/mol. The summed E-state index contributed by atoms with van der Waals surface area (Å²) in [5.74, 6) is 0. The maximum Gasteiger partial charge on any atom is 0.511 e. The quantitative estimate of drug-likeness (QED) is 0.549. The lowest BCUT2D eigenvalue weighted by atomic mass is 10.5. The molecule has 0 amide bonds. The lowest BCUT2D eigenvalue weighted by Crippen LogP contribution is -2.25. The van der Waals surface area contributed by atoms with Crippen molar-refractivity contribution in [2.24, 2.45) is 0 Å². The molecule has 0 fully saturated rings. The van der Waals surface area contributed by atoms with Gasteiger partial charge >= 0.3 is 12.3 Å². The summed E-state index contributed by atoms with van der Waals surface area (Å²) < 4.78 is 18.6. The zero-order valence-electron chi connectivity index (χ0n) is 10.2. The number of rotatable bonds is 4. The molecule has 0 spiro atoms. The molecule has 0 saturated carbocycles. The van der Waals surface area contributed by atoms with Crippen LogP contribution < -0.4 is 0 Å². The largest absolute Gasteiger partial charge is 0.511 e. The molecule has 0 aliphatic heterocycles. The Morgan fingerprint density at radius 2 is 1.00 bits per heavy atom. The number of carbonyl (C=O) groups is 2. The average molecular weight is 234 g/mol. The summed E-state index contributed by atoms with van der Waals surface area (Å²) in [4.78, 5) is 22.0. The highest BCUT2D eigenvalue weighted by atomic mass is 16.8. The first-order valence-corrected chi connectivity index (χ1v) is 5.05. The topological polar surface area (TPSA) is 71.1 Å². The van der Waals surface area contributed by atoms with Gasteiger partial charge in [-0.05, 0) is 27.7 Å². The van der Waals surface area contributed by atoms with Gasteiger partial charge in [-0.15, -0.1) is 0 Å². The normalized spacial score (nSPS) is 10.5. The molecule has 0 aromatic heterocycles. The molecule has 94 valence electrons. The van der Waals surface area contributed by atoms with Gasteiger partial charge in [0.05, 0.1) is 12.2 Å². The number of hydrogen-bond donors (Lipinski definition) is 0. The molecular formula is C10H18O6. The maximum atomic E-state index is 11.0. The minimum absolute atomic E-state index is 0.290. The van der Waals surface area contributed by atoms with Crippen LogP contribution in [0, 0.1) is 0 Å². The van der Waals surface area contributed by atoms with Crippen LogP contribution in [0.1, 0.15) is 34.6 Å². The first-order valence-electron chi connectivity index (χ1n) is 5.05. The van der Waals surface area contributed by atoms with Crippen LogP contribution >= 0.6 is 0 Å². The molecule has 0 aliphatic rings. The summed E-state index contributed by atoms with van der Waals surface area (Å²) >= 11 is 0. The Balaban J connectivity index is 3.85. The predicted molar refractivity (Wildman–Crippen MR) is 54.9 cm³/mol. The van der Waals surface area contributed by atoms with E-state index < -0.39 is 18.6 Å². The molecule has 0 heterocycles. The maximum absolute atomic E-state index is 11.0. The highest BCUT2D eigenvalue weighted by molar-refractivity contribution is 5.62. The van der Waals surface area contributed by atoms with Gasteiger partial charge in [-0.2, -0.15) is 0 Å². The molecule has 0 aromatic rings. The zero-order valence-corrected chi connectivity index (χ0v) is 10.2. The van der Waals surface area contributed by atoms with Crippen molar-refractivity contribution >= 4 is 12.3 Å². The van der Waals surface area contributed by atoms with Gasteiger partial charge in [-0.3, -0.25) is 0 Å². The van der Waals surface area contributed by atoms with Crippen molar-refractivity contribution in [3.05, 3.63) is 0 Å². The molecule has 0 rings (SSSR count). The van der Waals surface area contributed by atoms with Crippen LogP contribution in [0.25, 0.3) is 0 Å². The van der Waals surface area contributed by atoms with Crippen LogP contribution in [0.15, 0.2) is 0 Å². The zero-order chi connectivity index (χ0) is 12.7. The van der Waals surface area contributed by atoms with Crippen LogP contribution in [0.5, 0.6) is 0 Å². The molecule has 6 heteroatoms. The molecule has 0 radical (unpaired) electrons. The minimum atomic E-state index is -1.04. The Hall–Kier alpha value is -1.46. The van der Waals surface area contributed by atoms with Gasteiger partial charge in [-0.25, -0.2) is 9.59 Å². The molecule has 0 aromatic carbocycles. The van der Waals surface area contributed by atoms with E-state index in [-0.39, 0.29) is 12.2 Å². The standard InChI is InChI=1S/C10H18O6/c1-6(2)13-9(11)15-8(5)16-10(12)14-7(3)4/h6-8H,1-5H3. The number of hydrogen-bond acceptors (Lipinski definition) is 6. The second-order valence-corrected chi connectivity index (χ2v) is 3.64. The molecule has 0 saturated heterocycles. The van der Waals surface area contributed by atoms with Crippen molar-refractivity contribution in [3.63, 3.8) is 0 Å². The van der Waals surface area contributed by atoms with Crippen molar-refractivity contribution in [1.29, 1.82) is 0 Å². The molecule has 6 nitrogen and oxygen atoms in total. The Kier molecular flexibility index (Phi) is 6.29. The molecule has 0 N–H and O–H groups in total. The lowest BCUT2D eigenvalue weighted by Gasteiger charge is -2.15. The van der Waals surface area contributed by atoms with Crippen molar-refractivity contribution in [1.82, 2.24) is 0 Å². The fraction of sp³-hybridized carbons (Fsp3) is 0.800. The Morgan fingerprint density at radius 1 is 0.688 bits per heavy atom. The highest BCUT2D eigenvalue weighted by Crippen LogP contribution is 2.02. The monoisotopic (exact) mass is 234 g/mol. The van der Waals surface area contributed by atoms with Crippen LogP contribution in [0.2, 0.25) is 0 Å². The number of carbonyl (C=O) groups excluding carboxylic acids is 2. The average Bonchev–Trinajstić information content (AvgIpc) is 1.97. The first kappa shape index (κ1) is 14.5. The van der Waals surface area contributed by atoms with E-state index in [1.807, 2.05) is 0 Å². The third-order valence-electron chi connectivity index (χ3n) is 1.19. The van der Waals surface area contributed by atoms with E-state index in [0.29, 0.717) is 0 Å². The Labute approximate surface area is 94.8 Å². The van der Waals surface area contributed by atoms with E-state index in [2.05, 4.69) is 9.47 Å². The summed E-state index contributed by atoms with van der Waals surface area (Å²) in [5.41, 5.74) is 0. The van der Waals surface area contributed by atoms with E-state index in [9.17, 15) is 9.59 Å². The van der Waals surface area contributed by atoms with Crippen LogP contribution in [0.4, 0.5) is 9.59 Å². The molecule has 16 heavy (non-hydrogen) atoms. The van der Waals surface area contributed by atoms with E-state index in [1.54, 1.807) is 27.7 Å². The molecule has 0 bridgehead atoms. The Morgan fingerprint density at radius 3 is 1.25 bits per heavy atom. The predicted octanol–water partition coefficient (Wildman–Crippen LogP) is 2.46. The van der Waals surface area contributed by atoms with Crippen molar-refractivity contribution < 1.29 is 28.5 Å². The van der Waals surface area contributed by atoms with Crippen molar-refractivity contribution in [2.75, 3.05) is 0 Å². The first-order chi connectivity index (χ1) is 7.31. The van der Waals surface area contributed by atoms with E-state index in [0.717, 1.165) is 0 Å². The van der Waals surface area contributed by atoms with Gasteiger partial charge in [0.25, 0.3) is 6.29 Å².